The van der Waals surface area contributed by atoms with Crippen molar-refractivity contribution in [3.63, 3.8) is 0 Å². The molecule has 0 unspecified atom stereocenters. The maximum atomic E-state index is 12.2. The SMILES string of the molecule is Cc1ccc(NC(=O)Nc2nnc(N(C)Cc3ccccc3)s2)c(C)c1. The summed E-state index contributed by atoms with van der Waals surface area (Å²) in [5.41, 5.74) is 4.13. The van der Waals surface area contributed by atoms with Gasteiger partial charge in [0.25, 0.3) is 0 Å². The summed E-state index contributed by atoms with van der Waals surface area (Å²) in [5, 5.41) is 15.0. The van der Waals surface area contributed by atoms with E-state index in [1.807, 2.05) is 62.2 Å². The number of carbonyl (C=O) groups is 1. The van der Waals surface area contributed by atoms with Crippen molar-refractivity contribution in [1.82, 2.24) is 10.2 Å². The van der Waals surface area contributed by atoms with E-state index in [1.165, 1.54) is 16.9 Å². The van der Waals surface area contributed by atoms with Crippen molar-refractivity contribution in [3.05, 3.63) is 65.2 Å². The van der Waals surface area contributed by atoms with Crippen molar-refractivity contribution >= 4 is 33.3 Å². The molecule has 2 amide bonds. The van der Waals surface area contributed by atoms with Gasteiger partial charge in [-0.15, -0.1) is 10.2 Å². The highest BCUT2D eigenvalue weighted by Gasteiger charge is 2.12. The van der Waals surface area contributed by atoms with Gasteiger partial charge in [-0.05, 0) is 31.0 Å². The minimum Gasteiger partial charge on any atom is -0.345 e. The number of nitrogens with zero attached hydrogens (tertiary/aromatic N) is 3. The molecule has 0 saturated heterocycles. The molecule has 0 aliphatic heterocycles. The number of rotatable bonds is 5. The Hall–Kier alpha value is -2.93. The van der Waals surface area contributed by atoms with Crippen LogP contribution in [0.4, 0.5) is 20.7 Å². The van der Waals surface area contributed by atoms with E-state index >= 15 is 0 Å². The topological polar surface area (TPSA) is 70.1 Å². The van der Waals surface area contributed by atoms with Crippen LogP contribution in [-0.2, 0) is 6.54 Å². The highest BCUT2D eigenvalue weighted by molar-refractivity contribution is 7.19. The molecule has 0 saturated carbocycles. The van der Waals surface area contributed by atoms with Crippen LogP contribution in [0.2, 0.25) is 0 Å². The number of aromatic nitrogens is 2. The van der Waals surface area contributed by atoms with Gasteiger partial charge in [0.05, 0.1) is 0 Å². The predicted molar refractivity (Wildman–Crippen MR) is 107 cm³/mol. The van der Waals surface area contributed by atoms with Gasteiger partial charge >= 0.3 is 6.03 Å². The summed E-state index contributed by atoms with van der Waals surface area (Å²) in [6.45, 7) is 4.71. The molecule has 3 aromatic rings. The number of amides is 2. The number of nitrogens with one attached hydrogen (secondary N) is 2. The van der Waals surface area contributed by atoms with Crippen molar-refractivity contribution in [2.45, 2.75) is 20.4 Å². The van der Waals surface area contributed by atoms with E-state index in [1.54, 1.807) is 0 Å². The fourth-order valence-electron chi connectivity index (χ4n) is 2.55. The number of anilines is 3. The number of aryl methyl sites for hydroxylation is 2. The summed E-state index contributed by atoms with van der Waals surface area (Å²) >= 11 is 1.34. The van der Waals surface area contributed by atoms with Gasteiger partial charge in [0.2, 0.25) is 10.3 Å². The summed E-state index contributed by atoms with van der Waals surface area (Å²) in [6.07, 6.45) is 0. The van der Waals surface area contributed by atoms with E-state index in [4.69, 9.17) is 0 Å². The van der Waals surface area contributed by atoms with Crippen molar-refractivity contribution in [1.29, 1.82) is 0 Å². The lowest BCUT2D eigenvalue weighted by molar-refractivity contribution is 0.262. The normalized spacial score (nSPS) is 10.4. The molecule has 3 rings (SSSR count). The molecule has 6 nitrogen and oxygen atoms in total. The second kappa shape index (κ2) is 7.97. The summed E-state index contributed by atoms with van der Waals surface area (Å²) in [5.74, 6) is 0. The second-order valence-electron chi connectivity index (χ2n) is 6.13. The van der Waals surface area contributed by atoms with Gasteiger partial charge in [-0.25, -0.2) is 4.79 Å². The van der Waals surface area contributed by atoms with Gasteiger partial charge in [0.1, 0.15) is 0 Å². The van der Waals surface area contributed by atoms with Crippen LogP contribution in [-0.4, -0.2) is 23.3 Å². The number of hydrogen-bond acceptors (Lipinski definition) is 5. The molecule has 0 atom stereocenters. The highest BCUT2D eigenvalue weighted by Crippen LogP contribution is 2.24. The monoisotopic (exact) mass is 367 g/mol. The second-order valence-corrected chi connectivity index (χ2v) is 7.08. The summed E-state index contributed by atoms with van der Waals surface area (Å²) in [6, 6.07) is 15.7. The minimum atomic E-state index is -0.328. The molecule has 0 aliphatic carbocycles. The first-order chi connectivity index (χ1) is 12.5. The van der Waals surface area contributed by atoms with E-state index in [-0.39, 0.29) is 6.03 Å². The third kappa shape index (κ3) is 4.58. The van der Waals surface area contributed by atoms with Crippen LogP contribution in [0.15, 0.2) is 48.5 Å². The summed E-state index contributed by atoms with van der Waals surface area (Å²) in [4.78, 5) is 14.2. The number of carbonyl (C=O) groups excluding carboxylic acids is 1. The Balaban J connectivity index is 1.60. The third-order valence-electron chi connectivity index (χ3n) is 3.85. The Morgan fingerprint density at radius 1 is 1.08 bits per heavy atom. The van der Waals surface area contributed by atoms with Crippen LogP contribution in [0.1, 0.15) is 16.7 Å². The Kier molecular flexibility index (Phi) is 5.48. The van der Waals surface area contributed by atoms with Crippen molar-refractivity contribution < 1.29 is 4.79 Å². The molecule has 134 valence electrons. The van der Waals surface area contributed by atoms with Crippen LogP contribution in [0.3, 0.4) is 0 Å². The first-order valence-corrected chi connectivity index (χ1v) is 9.07. The Bertz CT molecular complexity index is 894. The van der Waals surface area contributed by atoms with E-state index < -0.39 is 0 Å². The first-order valence-electron chi connectivity index (χ1n) is 8.25. The smallest absolute Gasteiger partial charge is 0.325 e. The Morgan fingerprint density at radius 3 is 2.58 bits per heavy atom. The zero-order valence-corrected chi connectivity index (χ0v) is 15.8. The molecule has 7 heteroatoms. The predicted octanol–water partition coefficient (Wildman–Crippen LogP) is 4.44. The standard InChI is InChI=1S/C19H21N5OS/c1-13-9-10-16(14(2)11-13)20-17(25)21-18-22-23-19(26-18)24(3)12-15-7-5-4-6-8-15/h4-11H,12H2,1-3H3,(H2,20,21,22,25). The maximum Gasteiger partial charge on any atom is 0.325 e. The molecular formula is C19H21N5OS. The average molecular weight is 367 g/mol. The molecule has 26 heavy (non-hydrogen) atoms. The van der Waals surface area contributed by atoms with Gasteiger partial charge < -0.3 is 10.2 Å². The Morgan fingerprint density at radius 2 is 1.85 bits per heavy atom. The maximum absolute atomic E-state index is 12.2. The molecule has 2 N–H and O–H groups in total. The van der Waals surface area contributed by atoms with Gasteiger partial charge in [-0.2, -0.15) is 0 Å². The molecular weight excluding hydrogens is 346 g/mol. The minimum absolute atomic E-state index is 0.328. The fourth-order valence-corrected chi connectivity index (χ4v) is 3.25. The number of benzene rings is 2. The van der Waals surface area contributed by atoms with Crippen molar-refractivity contribution in [3.8, 4) is 0 Å². The first kappa shape index (κ1) is 17.9. The number of hydrogen-bond donors (Lipinski definition) is 2. The lowest BCUT2D eigenvalue weighted by Crippen LogP contribution is -2.19. The lowest BCUT2D eigenvalue weighted by Gasteiger charge is -2.14. The van der Waals surface area contributed by atoms with Gasteiger partial charge in [-0.3, -0.25) is 5.32 Å². The Labute approximate surface area is 156 Å². The third-order valence-corrected chi connectivity index (χ3v) is 4.81. The zero-order chi connectivity index (χ0) is 18.5. The average Bonchev–Trinajstić information content (AvgIpc) is 3.07. The molecule has 2 aromatic carbocycles. The van der Waals surface area contributed by atoms with Crippen LogP contribution in [0.5, 0.6) is 0 Å². The molecule has 1 heterocycles. The highest BCUT2D eigenvalue weighted by atomic mass is 32.1. The molecule has 0 bridgehead atoms. The van der Waals surface area contributed by atoms with Gasteiger partial charge in [-0.1, -0.05) is 59.4 Å². The van der Waals surface area contributed by atoms with E-state index in [0.717, 1.165) is 28.5 Å². The molecule has 1 aromatic heterocycles. The van der Waals surface area contributed by atoms with Gasteiger partial charge in [0.15, 0.2) is 0 Å². The van der Waals surface area contributed by atoms with Crippen LogP contribution in [0, 0.1) is 13.8 Å². The summed E-state index contributed by atoms with van der Waals surface area (Å²) in [7, 11) is 1.95. The molecule has 0 fully saturated rings. The molecule has 0 spiro atoms. The quantitative estimate of drug-likeness (QED) is 0.700. The van der Waals surface area contributed by atoms with E-state index in [0.29, 0.717) is 5.13 Å². The summed E-state index contributed by atoms with van der Waals surface area (Å²) < 4.78 is 0. The molecule has 0 radical (unpaired) electrons. The van der Waals surface area contributed by atoms with Crippen LogP contribution < -0.4 is 15.5 Å². The van der Waals surface area contributed by atoms with Crippen LogP contribution >= 0.6 is 11.3 Å². The van der Waals surface area contributed by atoms with Crippen LogP contribution in [0.25, 0.3) is 0 Å². The van der Waals surface area contributed by atoms with Gasteiger partial charge in [0, 0.05) is 19.3 Å². The molecule has 0 aliphatic rings. The largest absolute Gasteiger partial charge is 0.345 e. The van der Waals surface area contributed by atoms with Crippen molar-refractivity contribution in [2.75, 3.05) is 22.6 Å². The van der Waals surface area contributed by atoms with E-state index in [9.17, 15) is 4.79 Å². The number of urea groups is 1. The van der Waals surface area contributed by atoms with Crippen molar-refractivity contribution in [2.24, 2.45) is 0 Å². The van der Waals surface area contributed by atoms with E-state index in [2.05, 4.69) is 33.0 Å². The fraction of sp³-hybridized carbons (Fsp3) is 0.211. The zero-order valence-electron chi connectivity index (χ0n) is 15.0. The lowest BCUT2D eigenvalue weighted by atomic mass is 10.1.